The number of aromatic nitrogens is 4. The van der Waals surface area contributed by atoms with Gasteiger partial charge in [-0.05, 0) is 31.2 Å². The molecule has 1 aliphatic rings. The van der Waals surface area contributed by atoms with E-state index in [0.29, 0.717) is 43.7 Å². The Bertz CT molecular complexity index is 1080. The van der Waals surface area contributed by atoms with E-state index in [1.165, 1.54) is 0 Å². The largest absolute Gasteiger partial charge is 0.465 e. The monoisotopic (exact) mass is 449 g/mol. The molecule has 0 aliphatic heterocycles. The molecule has 2 heterocycles. The van der Waals surface area contributed by atoms with Crippen molar-refractivity contribution < 1.29 is 14.7 Å². The van der Waals surface area contributed by atoms with Crippen LogP contribution in [0.15, 0.2) is 55.1 Å². The van der Waals surface area contributed by atoms with E-state index >= 15 is 0 Å². The van der Waals surface area contributed by atoms with Gasteiger partial charge in [-0.3, -0.25) is 14.6 Å². The Balaban J connectivity index is 1.52. The third-order valence-electron chi connectivity index (χ3n) is 5.78. The van der Waals surface area contributed by atoms with Gasteiger partial charge in [0.1, 0.15) is 0 Å². The maximum Gasteiger partial charge on any atom is 0.404 e. The average Bonchev–Trinajstić information content (AvgIpc) is 3.26. The molecule has 3 aromatic rings. The second-order valence-electron chi connectivity index (χ2n) is 8.13. The van der Waals surface area contributed by atoms with Gasteiger partial charge in [0.15, 0.2) is 5.82 Å². The van der Waals surface area contributed by atoms with Gasteiger partial charge in [-0.15, -0.1) is 0 Å². The second-order valence-corrected chi connectivity index (χ2v) is 8.13. The zero-order valence-corrected chi connectivity index (χ0v) is 18.4. The van der Waals surface area contributed by atoms with Crippen LogP contribution >= 0.6 is 0 Å². The molecule has 0 unspecified atom stereocenters. The SMILES string of the molecule is Cn1cc(-c2cnc(N(C(=O)NCc3ccccc3)C3CCC(NC(=O)O)CC3)cn2)cn1. The van der Waals surface area contributed by atoms with E-state index in [1.54, 1.807) is 28.2 Å². The molecule has 1 aliphatic carbocycles. The van der Waals surface area contributed by atoms with E-state index in [0.717, 1.165) is 11.1 Å². The summed E-state index contributed by atoms with van der Waals surface area (Å²) in [5, 5.41) is 18.7. The van der Waals surface area contributed by atoms with Crippen molar-refractivity contribution in [3.05, 3.63) is 60.7 Å². The summed E-state index contributed by atoms with van der Waals surface area (Å²) in [6.07, 6.45) is 8.42. The number of carbonyl (C=O) groups is 2. The van der Waals surface area contributed by atoms with E-state index in [9.17, 15) is 9.59 Å². The van der Waals surface area contributed by atoms with E-state index in [2.05, 4.69) is 25.7 Å². The van der Waals surface area contributed by atoms with Gasteiger partial charge < -0.3 is 15.7 Å². The number of urea groups is 1. The van der Waals surface area contributed by atoms with Gasteiger partial charge >= 0.3 is 12.1 Å². The number of aryl methyl sites for hydroxylation is 1. The summed E-state index contributed by atoms with van der Waals surface area (Å²) in [4.78, 5) is 34.9. The highest BCUT2D eigenvalue weighted by Crippen LogP contribution is 2.27. The van der Waals surface area contributed by atoms with Gasteiger partial charge in [-0.1, -0.05) is 30.3 Å². The summed E-state index contributed by atoms with van der Waals surface area (Å²) in [6.45, 7) is 0.396. The van der Waals surface area contributed by atoms with Crippen molar-refractivity contribution >= 4 is 17.9 Å². The first-order chi connectivity index (χ1) is 16.0. The number of rotatable bonds is 6. The van der Waals surface area contributed by atoms with Crippen molar-refractivity contribution in [3.8, 4) is 11.3 Å². The minimum Gasteiger partial charge on any atom is -0.465 e. The van der Waals surface area contributed by atoms with Crippen LogP contribution in [0, 0.1) is 0 Å². The third-order valence-corrected chi connectivity index (χ3v) is 5.78. The molecule has 1 saturated carbocycles. The lowest BCUT2D eigenvalue weighted by Gasteiger charge is -2.36. The van der Waals surface area contributed by atoms with Crippen LogP contribution in [-0.2, 0) is 13.6 Å². The molecule has 0 spiro atoms. The Morgan fingerprint density at radius 3 is 2.45 bits per heavy atom. The molecule has 1 aromatic carbocycles. The molecule has 3 N–H and O–H groups in total. The molecule has 33 heavy (non-hydrogen) atoms. The van der Waals surface area contributed by atoms with Crippen molar-refractivity contribution in [2.24, 2.45) is 7.05 Å². The zero-order valence-electron chi connectivity index (χ0n) is 18.4. The number of amides is 3. The standard InChI is InChI=1S/C23H27N7O3/c1-29-15-17(12-27-29)20-13-25-21(14-24-20)30(19-9-7-18(8-10-19)28-23(32)33)22(31)26-11-16-5-3-2-4-6-16/h2-6,12-15,18-19,28H,7-11H2,1H3,(H,26,31)(H,32,33). The number of benzene rings is 1. The summed E-state index contributed by atoms with van der Waals surface area (Å²) in [5.74, 6) is 0.461. The maximum atomic E-state index is 13.3. The van der Waals surface area contributed by atoms with Crippen LogP contribution in [0.25, 0.3) is 11.3 Å². The smallest absolute Gasteiger partial charge is 0.404 e. The highest BCUT2D eigenvalue weighted by molar-refractivity contribution is 5.91. The van der Waals surface area contributed by atoms with Crippen LogP contribution in [0.3, 0.4) is 0 Å². The molecular weight excluding hydrogens is 422 g/mol. The molecule has 172 valence electrons. The van der Waals surface area contributed by atoms with Crippen molar-refractivity contribution in [2.45, 2.75) is 44.3 Å². The molecule has 1 fully saturated rings. The molecule has 0 atom stereocenters. The van der Waals surface area contributed by atoms with Gasteiger partial charge in [0.2, 0.25) is 0 Å². The Morgan fingerprint density at radius 1 is 1.09 bits per heavy atom. The summed E-state index contributed by atoms with van der Waals surface area (Å²) >= 11 is 0. The predicted octanol–water partition coefficient (Wildman–Crippen LogP) is 3.17. The van der Waals surface area contributed by atoms with Crippen LogP contribution in [0.1, 0.15) is 31.2 Å². The van der Waals surface area contributed by atoms with E-state index in [-0.39, 0.29) is 18.1 Å². The Hall–Kier alpha value is -3.95. The van der Waals surface area contributed by atoms with Crippen LogP contribution in [0.4, 0.5) is 15.4 Å². The number of nitrogens with one attached hydrogen (secondary N) is 2. The Kier molecular flexibility index (Phi) is 6.82. The lowest BCUT2D eigenvalue weighted by Crippen LogP contribution is -2.50. The van der Waals surface area contributed by atoms with Crippen molar-refractivity contribution in [2.75, 3.05) is 4.90 Å². The first-order valence-electron chi connectivity index (χ1n) is 10.9. The molecule has 0 radical (unpaired) electrons. The van der Waals surface area contributed by atoms with Crippen LogP contribution < -0.4 is 15.5 Å². The number of nitrogens with zero attached hydrogens (tertiary/aromatic N) is 5. The topological polar surface area (TPSA) is 125 Å². The summed E-state index contributed by atoms with van der Waals surface area (Å²) in [6, 6.07) is 9.24. The summed E-state index contributed by atoms with van der Waals surface area (Å²) in [7, 11) is 1.83. The van der Waals surface area contributed by atoms with Crippen LogP contribution in [0.5, 0.6) is 0 Å². The maximum absolute atomic E-state index is 13.3. The molecule has 0 saturated heterocycles. The number of carboxylic acid groups (broad SMARTS) is 1. The minimum atomic E-state index is -1.02. The summed E-state index contributed by atoms with van der Waals surface area (Å²) in [5.41, 5.74) is 2.51. The normalized spacial score (nSPS) is 17.8. The molecule has 10 nitrogen and oxygen atoms in total. The summed E-state index contributed by atoms with van der Waals surface area (Å²) < 4.78 is 1.69. The molecule has 10 heteroatoms. The number of carbonyl (C=O) groups excluding carboxylic acids is 1. The molecule has 0 bridgehead atoms. The highest BCUT2D eigenvalue weighted by Gasteiger charge is 2.31. The predicted molar refractivity (Wildman–Crippen MR) is 123 cm³/mol. The van der Waals surface area contributed by atoms with Crippen molar-refractivity contribution in [1.82, 2.24) is 30.4 Å². The molecule has 4 rings (SSSR count). The molecular formula is C23H27N7O3. The van der Waals surface area contributed by atoms with Crippen LogP contribution in [0.2, 0.25) is 0 Å². The lowest BCUT2D eigenvalue weighted by molar-refractivity contribution is 0.184. The van der Waals surface area contributed by atoms with E-state index in [4.69, 9.17) is 5.11 Å². The fourth-order valence-electron chi connectivity index (χ4n) is 4.12. The molecule has 3 amide bonds. The fraction of sp³-hybridized carbons (Fsp3) is 0.348. The highest BCUT2D eigenvalue weighted by atomic mass is 16.4. The van der Waals surface area contributed by atoms with Gasteiger partial charge in [-0.25, -0.2) is 14.6 Å². The van der Waals surface area contributed by atoms with Gasteiger partial charge in [-0.2, -0.15) is 5.10 Å². The zero-order chi connectivity index (χ0) is 23.2. The minimum absolute atomic E-state index is 0.105. The van der Waals surface area contributed by atoms with E-state index in [1.807, 2.05) is 43.6 Å². The Morgan fingerprint density at radius 2 is 1.85 bits per heavy atom. The van der Waals surface area contributed by atoms with E-state index < -0.39 is 6.09 Å². The second kappa shape index (κ2) is 10.1. The quantitative estimate of drug-likeness (QED) is 0.531. The van der Waals surface area contributed by atoms with Crippen LogP contribution in [-0.4, -0.2) is 49.1 Å². The first kappa shape index (κ1) is 22.3. The number of anilines is 1. The first-order valence-corrected chi connectivity index (χ1v) is 10.9. The number of hydrogen-bond acceptors (Lipinski definition) is 5. The Labute approximate surface area is 191 Å². The average molecular weight is 450 g/mol. The fourth-order valence-corrected chi connectivity index (χ4v) is 4.12. The van der Waals surface area contributed by atoms with Crippen molar-refractivity contribution in [3.63, 3.8) is 0 Å². The van der Waals surface area contributed by atoms with Crippen molar-refractivity contribution in [1.29, 1.82) is 0 Å². The van der Waals surface area contributed by atoms with Gasteiger partial charge in [0, 0.05) is 37.4 Å². The van der Waals surface area contributed by atoms with Gasteiger partial charge in [0.25, 0.3) is 0 Å². The number of hydrogen-bond donors (Lipinski definition) is 3. The van der Waals surface area contributed by atoms with Gasteiger partial charge in [0.05, 0.1) is 24.3 Å². The molecule has 2 aromatic heterocycles. The third kappa shape index (κ3) is 5.65. The lowest BCUT2D eigenvalue weighted by atomic mass is 9.90.